The minimum absolute atomic E-state index is 0.00110. The first-order valence-corrected chi connectivity index (χ1v) is 9.38. The fourth-order valence-corrected chi connectivity index (χ4v) is 3.60. The highest BCUT2D eigenvalue weighted by molar-refractivity contribution is 9.11. The molecule has 26 heavy (non-hydrogen) atoms. The van der Waals surface area contributed by atoms with E-state index in [0.29, 0.717) is 26.9 Å². The van der Waals surface area contributed by atoms with Gasteiger partial charge >= 0.3 is 5.97 Å². The van der Waals surface area contributed by atoms with E-state index in [2.05, 4.69) is 42.5 Å². The number of carboxylic acid groups (broad SMARTS) is 1. The molecule has 6 nitrogen and oxygen atoms in total. The number of carboxylic acids is 1. The van der Waals surface area contributed by atoms with Crippen LogP contribution in [0, 0.1) is 0 Å². The zero-order valence-corrected chi connectivity index (χ0v) is 17.5. The number of ether oxygens (including phenoxy) is 1. The van der Waals surface area contributed by atoms with Crippen molar-refractivity contribution in [2.75, 3.05) is 11.9 Å². The van der Waals surface area contributed by atoms with Crippen molar-refractivity contribution in [3.8, 4) is 5.75 Å². The topological polar surface area (TPSA) is 87.7 Å². The summed E-state index contributed by atoms with van der Waals surface area (Å²) in [5, 5.41) is 14.6. The van der Waals surface area contributed by atoms with Crippen molar-refractivity contribution >= 4 is 66.8 Å². The summed E-state index contributed by atoms with van der Waals surface area (Å²) < 4.78 is 6.44. The van der Waals surface area contributed by atoms with E-state index in [1.807, 2.05) is 6.92 Å². The molecule has 136 valence electrons. The van der Waals surface area contributed by atoms with Gasteiger partial charge in [0.25, 0.3) is 5.91 Å². The Balaban J connectivity index is 2.15. The summed E-state index contributed by atoms with van der Waals surface area (Å²) in [4.78, 5) is 23.8. The number of hydrogen-bond acceptors (Lipinski definition) is 4. The lowest BCUT2D eigenvalue weighted by molar-refractivity contribution is 0.0697. The minimum atomic E-state index is -1.13. The summed E-state index contributed by atoms with van der Waals surface area (Å²) >= 11 is 11.7. The largest absolute Gasteiger partial charge is 0.494 e. The van der Waals surface area contributed by atoms with Crippen LogP contribution in [0.15, 0.2) is 45.3 Å². The van der Waals surface area contributed by atoms with Gasteiger partial charge in [0, 0.05) is 14.5 Å². The molecule has 0 unspecified atom stereocenters. The molecule has 3 N–H and O–H groups in total. The number of nitrogens with one attached hydrogen (secondary N) is 2. The number of benzene rings is 2. The highest BCUT2D eigenvalue weighted by Crippen LogP contribution is 2.30. The van der Waals surface area contributed by atoms with Crippen LogP contribution in [0.1, 0.15) is 27.6 Å². The number of halogens is 2. The molecule has 0 aliphatic heterocycles. The maximum absolute atomic E-state index is 12.3. The van der Waals surface area contributed by atoms with Gasteiger partial charge in [-0.15, -0.1) is 0 Å². The van der Waals surface area contributed by atoms with E-state index >= 15 is 0 Å². The van der Waals surface area contributed by atoms with E-state index in [9.17, 15) is 14.7 Å². The molecular formula is C17H14Br2N2O4S. The van der Waals surface area contributed by atoms with Crippen molar-refractivity contribution < 1.29 is 19.4 Å². The molecule has 0 heterocycles. The molecule has 0 aliphatic carbocycles. The van der Waals surface area contributed by atoms with Crippen LogP contribution in [-0.4, -0.2) is 28.7 Å². The number of carbonyl (C=O) groups is 2. The smallest absolute Gasteiger partial charge is 0.337 e. The molecule has 0 fully saturated rings. The number of thiocarbonyl (C=S) groups is 1. The van der Waals surface area contributed by atoms with Gasteiger partial charge in [-0.1, -0.05) is 22.0 Å². The average molecular weight is 502 g/mol. The molecule has 2 aromatic rings. The van der Waals surface area contributed by atoms with Gasteiger partial charge in [0.15, 0.2) is 5.11 Å². The fraction of sp³-hybridized carbons (Fsp3) is 0.118. The first kappa shape index (κ1) is 20.3. The van der Waals surface area contributed by atoms with Gasteiger partial charge in [-0.25, -0.2) is 4.79 Å². The summed E-state index contributed by atoms with van der Waals surface area (Å²) in [6, 6.07) is 9.77. The molecular weight excluding hydrogens is 488 g/mol. The highest BCUT2D eigenvalue weighted by atomic mass is 79.9. The fourth-order valence-electron chi connectivity index (χ4n) is 2.08. The molecule has 0 atom stereocenters. The molecule has 0 spiro atoms. The monoisotopic (exact) mass is 500 g/mol. The molecule has 0 radical (unpaired) electrons. The highest BCUT2D eigenvalue weighted by Gasteiger charge is 2.17. The van der Waals surface area contributed by atoms with Gasteiger partial charge < -0.3 is 15.2 Å². The lowest BCUT2D eigenvalue weighted by Crippen LogP contribution is -2.34. The zero-order valence-electron chi connectivity index (χ0n) is 13.5. The Morgan fingerprint density at radius 3 is 2.62 bits per heavy atom. The summed E-state index contributed by atoms with van der Waals surface area (Å²) in [6.45, 7) is 2.34. The molecule has 9 heteroatoms. The van der Waals surface area contributed by atoms with Crippen molar-refractivity contribution in [1.82, 2.24) is 5.32 Å². The van der Waals surface area contributed by atoms with Gasteiger partial charge in [0.05, 0.1) is 17.9 Å². The van der Waals surface area contributed by atoms with Crippen LogP contribution < -0.4 is 15.4 Å². The van der Waals surface area contributed by atoms with Crippen molar-refractivity contribution in [3.05, 3.63) is 56.5 Å². The van der Waals surface area contributed by atoms with Crippen LogP contribution in [-0.2, 0) is 0 Å². The molecule has 1 amide bonds. The van der Waals surface area contributed by atoms with E-state index < -0.39 is 11.9 Å². The molecule has 2 aromatic carbocycles. The Labute approximate surface area is 172 Å². The summed E-state index contributed by atoms with van der Waals surface area (Å²) in [7, 11) is 0. The standard InChI is InChI=1S/C17H14Br2N2O4S/c1-2-25-11-5-3-4-9(6-11)15(22)21-17(26)20-14-12(16(23)24)7-10(18)8-13(14)19/h3-8H,2H2,1H3,(H,23,24)(H2,20,21,22,26). The summed E-state index contributed by atoms with van der Waals surface area (Å²) in [6.07, 6.45) is 0. The lowest BCUT2D eigenvalue weighted by Gasteiger charge is -2.14. The van der Waals surface area contributed by atoms with Crippen molar-refractivity contribution in [3.63, 3.8) is 0 Å². The Morgan fingerprint density at radius 2 is 1.96 bits per heavy atom. The number of rotatable bonds is 5. The molecule has 0 saturated carbocycles. The Morgan fingerprint density at radius 1 is 1.23 bits per heavy atom. The molecule has 0 bridgehead atoms. The first-order valence-electron chi connectivity index (χ1n) is 7.39. The number of hydrogen-bond donors (Lipinski definition) is 3. The second kappa shape index (κ2) is 9.11. The third kappa shape index (κ3) is 5.26. The van der Waals surface area contributed by atoms with Crippen molar-refractivity contribution in [2.45, 2.75) is 6.92 Å². The Kier molecular flexibility index (Phi) is 7.13. The third-order valence-corrected chi connectivity index (χ3v) is 4.45. The normalized spacial score (nSPS) is 10.1. The SMILES string of the molecule is CCOc1cccc(C(=O)NC(=S)Nc2c(Br)cc(Br)cc2C(=O)O)c1. The quantitative estimate of drug-likeness (QED) is 0.525. The van der Waals surface area contributed by atoms with E-state index in [4.69, 9.17) is 17.0 Å². The van der Waals surface area contributed by atoms with Crippen LogP contribution in [0.5, 0.6) is 5.75 Å². The van der Waals surface area contributed by atoms with Crippen LogP contribution >= 0.6 is 44.1 Å². The predicted octanol–water partition coefficient (Wildman–Crippen LogP) is 4.44. The lowest BCUT2D eigenvalue weighted by atomic mass is 10.2. The second-order valence-electron chi connectivity index (χ2n) is 4.98. The first-order chi connectivity index (χ1) is 12.3. The van der Waals surface area contributed by atoms with Crippen molar-refractivity contribution in [1.29, 1.82) is 0 Å². The van der Waals surface area contributed by atoms with Gasteiger partial charge in [-0.2, -0.15) is 0 Å². The van der Waals surface area contributed by atoms with E-state index in [1.54, 1.807) is 30.3 Å². The summed E-state index contributed by atoms with van der Waals surface area (Å²) in [5.74, 6) is -0.995. The second-order valence-corrected chi connectivity index (χ2v) is 7.16. The van der Waals surface area contributed by atoms with Crippen LogP contribution in [0.2, 0.25) is 0 Å². The average Bonchev–Trinajstić information content (AvgIpc) is 2.57. The number of aromatic carboxylic acids is 1. The minimum Gasteiger partial charge on any atom is -0.494 e. The van der Waals surface area contributed by atoms with Crippen LogP contribution in [0.4, 0.5) is 5.69 Å². The maximum Gasteiger partial charge on any atom is 0.337 e. The Hall–Kier alpha value is -1.97. The number of amides is 1. The van der Waals surface area contributed by atoms with Crippen LogP contribution in [0.3, 0.4) is 0 Å². The van der Waals surface area contributed by atoms with Gasteiger partial charge in [0.2, 0.25) is 0 Å². The third-order valence-electron chi connectivity index (χ3n) is 3.16. The number of carbonyl (C=O) groups excluding carboxylic acids is 1. The molecule has 0 aliphatic rings. The Bertz CT molecular complexity index is 874. The van der Waals surface area contributed by atoms with Crippen molar-refractivity contribution in [2.24, 2.45) is 0 Å². The van der Waals surface area contributed by atoms with E-state index in [1.165, 1.54) is 6.07 Å². The zero-order chi connectivity index (χ0) is 19.3. The van der Waals surface area contributed by atoms with Crippen LogP contribution in [0.25, 0.3) is 0 Å². The summed E-state index contributed by atoms with van der Waals surface area (Å²) in [5.41, 5.74) is 0.615. The molecule has 0 aromatic heterocycles. The maximum atomic E-state index is 12.3. The molecule has 2 rings (SSSR count). The van der Waals surface area contributed by atoms with E-state index in [0.717, 1.165) is 0 Å². The molecule has 0 saturated heterocycles. The van der Waals surface area contributed by atoms with Gasteiger partial charge in [-0.3, -0.25) is 10.1 Å². The predicted molar refractivity (Wildman–Crippen MR) is 110 cm³/mol. The number of anilines is 1. The van der Waals surface area contributed by atoms with Gasteiger partial charge in [-0.05, 0) is 65.4 Å². The van der Waals surface area contributed by atoms with E-state index in [-0.39, 0.29) is 16.4 Å². The van der Waals surface area contributed by atoms with Gasteiger partial charge in [0.1, 0.15) is 5.75 Å².